The van der Waals surface area contributed by atoms with Crippen LogP contribution in [0.1, 0.15) is 15.9 Å². The molecule has 98 valence electrons. The van der Waals surface area contributed by atoms with E-state index in [1.165, 1.54) is 0 Å². The summed E-state index contributed by atoms with van der Waals surface area (Å²) in [5.74, 6) is 0.909. The van der Waals surface area contributed by atoms with E-state index in [4.69, 9.17) is 0 Å². The lowest BCUT2D eigenvalue weighted by atomic mass is 10.1. The molecule has 0 saturated heterocycles. The topological polar surface area (TPSA) is 49.3 Å². The van der Waals surface area contributed by atoms with Crippen LogP contribution in [-0.4, -0.2) is 18.1 Å². The fraction of sp³-hybridized carbons (Fsp3) is 0.133. The highest BCUT2D eigenvalue weighted by atomic mass is 32.2. The number of hydrogen-bond acceptors (Lipinski definition) is 3. The molecule has 0 saturated carbocycles. The summed E-state index contributed by atoms with van der Waals surface area (Å²) < 4.78 is 0. The number of nitrogens with one attached hydrogen (secondary N) is 1. The summed E-state index contributed by atoms with van der Waals surface area (Å²) >= 11 is 1.55. The van der Waals surface area contributed by atoms with Crippen molar-refractivity contribution in [1.29, 1.82) is 0 Å². The molecule has 4 heteroatoms. The van der Waals surface area contributed by atoms with Crippen LogP contribution >= 0.6 is 11.8 Å². The number of hydrogen-bond donors (Lipinski definition) is 2. The largest absolute Gasteiger partial charge is 0.507 e. The Labute approximate surface area is 116 Å². The summed E-state index contributed by atoms with van der Waals surface area (Å²) in [6.07, 6.45) is 0. The zero-order valence-corrected chi connectivity index (χ0v) is 11.4. The van der Waals surface area contributed by atoms with Crippen LogP contribution in [0.3, 0.4) is 0 Å². The lowest BCUT2D eigenvalue weighted by Crippen LogP contribution is -2.17. The van der Waals surface area contributed by atoms with Gasteiger partial charge in [-0.05, 0) is 29.8 Å². The van der Waals surface area contributed by atoms with Crippen molar-refractivity contribution in [2.75, 3.05) is 7.05 Å². The molecule has 0 aliphatic rings. The first-order valence-corrected chi connectivity index (χ1v) is 6.91. The minimum atomic E-state index is -0.0885. The average Bonchev–Trinajstić information content (AvgIpc) is 2.46. The van der Waals surface area contributed by atoms with Gasteiger partial charge in [-0.15, -0.1) is 11.8 Å². The predicted octanol–water partition coefficient (Wildman–Crippen LogP) is 3.04. The molecule has 0 atom stereocenters. The average molecular weight is 273 g/mol. The van der Waals surface area contributed by atoms with Gasteiger partial charge in [0, 0.05) is 23.3 Å². The second kappa shape index (κ2) is 6.29. The SMILES string of the molecule is CNC(=O)c1cccc(CSc2ccccc2O)c1. The van der Waals surface area contributed by atoms with E-state index in [1.54, 1.807) is 37.0 Å². The zero-order chi connectivity index (χ0) is 13.7. The molecular formula is C15H15NO2S. The molecule has 1 amide bonds. The van der Waals surface area contributed by atoms with Crippen LogP contribution in [0.4, 0.5) is 0 Å². The van der Waals surface area contributed by atoms with Crippen molar-refractivity contribution in [1.82, 2.24) is 5.32 Å². The van der Waals surface area contributed by atoms with Crippen LogP contribution in [0, 0.1) is 0 Å². The van der Waals surface area contributed by atoms with E-state index in [0.29, 0.717) is 11.3 Å². The fourth-order valence-electron chi connectivity index (χ4n) is 1.69. The van der Waals surface area contributed by atoms with Gasteiger partial charge in [0.15, 0.2) is 0 Å². The first-order chi connectivity index (χ1) is 9.20. The molecule has 3 nitrogen and oxygen atoms in total. The van der Waals surface area contributed by atoms with Crippen LogP contribution in [0.2, 0.25) is 0 Å². The van der Waals surface area contributed by atoms with Gasteiger partial charge in [-0.25, -0.2) is 0 Å². The van der Waals surface area contributed by atoms with Gasteiger partial charge in [0.25, 0.3) is 5.91 Å². The van der Waals surface area contributed by atoms with Crippen LogP contribution in [0.15, 0.2) is 53.4 Å². The van der Waals surface area contributed by atoms with Gasteiger partial charge in [0.1, 0.15) is 5.75 Å². The smallest absolute Gasteiger partial charge is 0.251 e. The number of para-hydroxylation sites is 1. The highest BCUT2D eigenvalue weighted by Gasteiger charge is 2.05. The molecule has 0 heterocycles. The van der Waals surface area contributed by atoms with Gasteiger partial charge in [0.05, 0.1) is 0 Å². The molecule has 2 aromatic carbocycles. The van der Waals surface area contributed by atoms with Gasteiger partial charge in [-0.2, -0.15) is 0 Å². The maximum absolute atomic E-state index is 11.5. The molecule has 2 rings (SSSR count). The highest BCUT2D eigenvalue weighted by Crippen LogP contribution is 2.30. The number of thioether (sulfide) groups is 1. The molecule has 0 spiro atoms. The van der Waals surface area contributed by atoms with Gasteiger partial charge in [0.2, 0.25) is 0 Å². The number of carbonyl (C=O) groups excluding carboxylic acids is 1. The lowest BCUT2D eigenvalue weighted by molar-refractivity contribution is 0.0963. The number of rotatable bonds is 4. The quantitative estimate of drug-likeness (QED) is 0.842. The second-order valence-corrected chi connectivity index (χ2v) is 5.05. The maximum Gasteiger partial charge on any atom is 0.251 e. The Morgan fingerprint density at radius 3 is 2.74 bits per heavy atom. The zero-order valence-electron chi connectivity index (χ0n) is 10.6. The molecule has 2 aromatic rings. The van der Waals surface area contributed by atoms with E-state index < -0.39 is 0 Å². The third-order valence-electron chi connectivity index (χ3n) is 2.68. The summed E-state index contributed by atoms with van der Waals surface area (Å²) in [7, 11) is 1.62. The molecule has 2 N–H and O–H groups in total. The van der Waals surface area contributed by atoms with E-state index in [9.17, 15) is 9.90 Å². The van der Waals surface area contributed by atoms with Crippen LogP contribution < -0.4 is 5.32 Å². The lowest BCUT2D eigenvalue weighted by Gasteiger charge is -2.06. The normalized spacial score (nSPS) is 10.2. The van der Waals surface area contributed by atoms with Crippen molar-refractivity contribution >= 4 is 17.7 Å². The monoisotopic (exact) mass is 273 g/mol. The number of phenolic OH excluding ortho intramolecular Hbond substituents is 1. The third kappa shape index (κ3) is 3.51. The number of aromatic hydroxyl groups is 1. The van der Waals surface area contributed by atoms with Crippen molar-refractivity contribution in [2.45, 2.75) is 10.6 Å². The predicted molar refractivity (Wildman–Crippen MR) is 77.5 cm³/mol. The second-order valence-electron chi connectivity index (χ2n) is 4.04. The molecule has 0 fully saturated rings. The molecule has 19 heavy (non-hydrogen) atoms. The number of amides is 1. The Kier molecular flexibility index (Phi) is 4.47. The van der Waals surface area contributed by atoms with E-state index in [-0.39, 0.29) is 11.7 Å². The molecule has 0 unspecified atom stereocenters. The van der Waals surface area contributed by atoms with Gasteiger partial charge < -0.3 is 10.4 Å². The number of carbonyl (C=O) groups is 1. The summed E-state index contributed by atoms with van der Waals surface area (Å²) in [5.41, 5.74) is 1.70. The Balaban J connectivity index is 2.08. The van der Waals surface area contributed by atoms with Gasteiger partial charge >= 0.3 is 0 Å². The van der Waals surface area contributed by atoms with Crippen molar-refractivity contribution < 1.29 is 9.90 Å². The van der Waals surface area contributed by atoms with Gasteiger partial charge in [-0.3, -0.25) is 4.79 Å². The summed E-state index contributed by atoms with van der Waals surface area (Å²) in [6.45, 7) is 0. The van der Waals surface area contributed by atoms with Crippen molar-refractivity contribution in [3.8, 4) is 5.75 Å². The Morgan fingerprint density at radius 1 is 1.21 bits per heavy atom. The number of phenols is 1. The summed E-state index contributed by atoms with van der Waals surface area (Å²) in [6, 6.07) is 14.7. The van der Waals surface area contributed by atoms with E-state index >= 15 is 0 Å². The molecule has 0 aliphatic heterocycles. The summed E-state index contributed by atoms with van der Waals surface area (Å²) in [4.78, 5) is 12.4. The Bertz CT molecular complexity index is 584. The van der Waals surface area contributed by atoms with Crippen molar-refractivity contribution in [3.05, 3.63) is 59.7 Å². The van der Waals surface area contributed by atoms with Crippen LogP contribution in [0.5, 0.6) is 5.75 Å². The summed E-state index contributed by atoms with van der Waals surface area (Å²) in [5, 5.41) is 12.3. The Hall–Kier alpha value is -1.94. The molecule has 0 aliphatic carbocycles. The molecule has 0 aromatic heterocycles. The van der Waals surface area contributed by atoms with Crippen molar-refractivity contribution in [2.24, 2.45) is 0 Å². The maximum atomic E-state index is 11.5. The first-order valence-electron chi connectivity index (χ1n) is 5.92. The Morgan fingerprint density at radius 2 is 2.00 bits per heavy atom. The fourth-order valence-corrected chi connectivity index (χ4v) is 2.58. The minimum Gasteiger partial charge on any atom is -0.507 e. The standard InChI is InChI=1S/C15H15NO2S/c1-16-15(18)12-6-4-5-11(9-12)10-19-14-8-3-2-7-13(14)17/h2-9,17H,10H2,1H3,(H,16,18). The molecular weight excluding hydrogens is 258 g/mol. The molecule has 0 radical (unpaired) electrons. The molecule has 0 bridgehead atoms. The number of benzene rings is 2. The van der Waals surface area contributed by atoms with Crippen molar-refractivity contribution in [3.63, 3.8) is 0 Å². The van der Waals surface area contributed by atoms with Crippen LogP contribution in [-0.2, 0) is 5.75 Å². The van der Waals surface area contributed by atoms with E-state index in [2.05, 4.69) is 5.32 Å². The van der Waals surface area contributed by atoms with E-state index in [1.807, 2.05) is 30.3 Å². The van der Waals surface area contributed by atoms with Gasteiger partial charge in [-0.1, -0.05) is 24.3 Å². The van der Waals surface area contributed by atoms with E-state index in [0.717, 1.165) is 10.5 Å². The first kappa shape index (κ1) is 13.5. The van der Waals surface area contributed by atoms with Crippen LogP contribution in [0.25, 0.3) is 0 Å². The third-order valence-corrected chi connectivity index (χ3v) is 3.81. The minimum absolute atomic E-state index is 0.0885. The highest BCUT2D eigenvalue weighted by molar-refractivity contribution is 7.98.